The van der Waals surface area contributed by atoms with Gasteiger partial charge in [-0.15, -0.1) is 0 Å². The van der Waals surface area contributed by atoms with Gasteiger partial charge < -0.3 is 10.2 Å². The van der Waals surface area contributed by atoms with E-state index in [2.05, 4.69) is 10.0 Å². The number of amides is 3. The van der Waals surface area contributed by atoms with Crippen molar-refractivity contribution in [3.05, 3.63) is 52.5 Å². The molecule has 2 aromatic rings. The number of carbonyl (C=O) groups is 2. The number of benzene rings is 2. The highest BCUT2D eigenvalue weighted by Gasteiger charge is 2.31. The van der Waals surface area contributed by atoms with Gasteiger partial charge in [0.25, 0.3) is 0 Å². The van der Waals surface area contributed by atoms with Gasteiger partial charge in [-0.1, -0.05) is 17.7 Å². The molecule has 2 aliphatic rings. The Hall–Kier alpha value is -2.62. The van der Waals surface area contributed by atoms with Crippen molar-refractivity contribution in [2.45, 2.75) is 44.0 Å². The molecule has 0 aromatic heterocycles. The Balaban J connectivity index is 1.45. The number of nitrogens with zero attached hydrogens (tertiary/aromatic N) is 2. The molecule has 3 amide bonds. The fourth-order valence-electron chi connectivity index (χ4n) is 4.14. The molecule has 0 saturated carbocycles. The van der Waals surface area contributed by atoms with Crippen LogP contribution in [0, 0.1) is 6.92 Å². The first-order valence-corrected chi connectivity index (χ1v) is 12.8. The molecule has 2 heterocycles. The minimum atomic E-state index is -3.95. The largest absolute Gasteiger partial charge is 0.324 e. The molecule has 8 nitrogen and oxygen atoms in total. The Bertz CT molecular complexity index is 1190. The van der Waals surface area contributed by atoms with Crippen LogP contribution in [0.1, 0.15) is 30.9 Å². The van der Waals surface area contributed by atoms with Gasteiger partial charge in [-0.3, -0.25) is 9.69 Å². The van der Waals surface area contributed by atoms with Crippen molar-refractivity contribution in [2.24, 2.45) is 0 Å². The molecular formula is C23H27ClN4O4S. The third-order valence-electron chi connectivity index (χ3n) is 5.97. The molecule has 2 N–H and O–H groups in total. The van der Waals surface area contributed by atoms with Crippen LogP contribution in [0.15, 0.2) is 41.3 Å². The number of hydrogen-bond donors (Lipinski definition) is 2. The van der Waals surface area contributed by atoms with Gasteiger partial charge in [-0.2, -0.15) is 4.72 Å². The number of sulfonamides is 1. The Morgan fingerprint density at radius 2 is 1.79 bits per heavy atom. The Kier molecular flexibility index (Phi) is 6.65. The summed E-state index contributed by atoms with van der Waals surface area (Å²) in [6.45, 7) is 5.40. The van der Waals surface area contributed by atoms with E-state index >= 15 is 0 Å². The second-order valence-corrected chi connectivity index (χ2v) is 10.6. The summed E-state index contributed by atoms with van der Waals surface area (Å²) in [5, 5.41) is 3.03. The summed E-state index contributed by atoms with van der Waals surface area (Å²) in [5.74, 6) is -0.520. The van der Waals surface area contributed by atoms with Crippen LogP contribution in [-0.2, 0) is 21.2 Å². The van der Waals surface area contributed by atoms with Gasteiger partial charge in [0.05, 0.1) is 21.6 Å². The molecule has 1 saturated heterocycles. The molecule has 2 aliphatic heterocycles. The number of carbonyl (C=O) groups excluding carboxylic acids is 2. The summed E-state index contributed by atoms with van der Waals surface area (Å²) in [7, 11) is -3.95. The molecule has 1 atom stereocenters. The number of nitrogens with one attached hydrogen (secondary N) is 2. The molecule has 10 heteroatoms. The van der Waals surface area contributed by atoms with Crippen LogP contribution in [0.4, 0.5) is 16.2 Å². The van der Waals surface area contributed by atoms with Crippen molar-refractivity contribution in [1.82, 2.24) is 9.62 Å². The zero-order valence-electron chi connectivity index (χ0n) is 18.6. The van der Waals surface area contributed by atoms with Crippen LogP contribution in [-0.4, -0.2) is 50.9 Å². The zero-order chi connectivity index (χ0) is 23.8. The lowest BCUT2D eigenvalue weighted by Gasteiger charge is -2.24. The highest BCUT2D eigenvalue weighted by atomic mass is 35.5. The summed E-state index contributed by atoms with van der Waals surface area (Å²) < 4.78 is 28.3. The van der Waals surface area contributed by atoms with E-state index in [0.717, 1.165) is 42.7 Å². The number of likely N-dealkylation sites (tertiary alicyclic amines) is 1. The lowest BCUT2D eigenvalue weighted by molar-refractivity contribution is -0.117. The van der Waals surface area contributed by atoms with E-state index in [9.17, 15) is 18.0 Å². The molecular weight excluding hydrogens is 464 g/mol. The van der Waals surface area contributed by atoms with E-state index in [1.54, 1.807) is 35.2 Å². The number of rotatable bonds is 5. The van der Waals surface area contributed by atoms with Gasteiger partial charge in [0, 0.05) is 25.3 Å². The normalized spacial score (nSPS) is 16.6. The molecule has 33 heavy (non-hydrogen) atoms. The monoisotopic (exact) mass is 490 g/mol. The van der Waals surface area contributed by atoms with Crippen LogP contribution in [0.2, 0.25) is 5.02 Å². The van der Waals surface area contributed by atoms with Gasteiger partial charge in [-0.05, 0) is 74.6 Å². The van der Waals surface area contributed by atoms with Crippen molar-refractivity contribution >= 4 is 44.9 Å². The molecule has 0 bridgehead atoms. The van der Waals surface area contributed by atoms with Crippen molar-refractivity contribution < 1.29 is 18.0 Å². The van der Waals surface area contributed by atoms with Crippen LogP contribution >= 0.6 is 11.6 Å². The van der Waals surface area contributed by atoms with Crippen LogP contribution in [0.3, 0.4) is 0 Å². The van der Waals surface area contributed by atoms with Gasteiger partial charge in [-0.25, -0.2) is 13.2 Å². The lowest BCUT2D eigenvalue weighted by Crippen LogP contribution is -2.41. The zero-order valence-corrected chi connectivity index (χ0v) is 20.2. The number of hydrogen-bond acceptors (Lipinski definition) is 4. The smallest absolute Gasteiger partial charge is 0.324 e. The van der Waals surface area contributed by atoms with E-state index in [-0.39, 0.29) is 10.9 Å². The fourth-order valence-corrected chi connectivity index (χ4v) is 5.68. The number of aryl methyl sites for hydroxylation is 1. The van der Waals surface area contributed by atoms with E-state index < -0.39 is 22.0 Å². The van der Waals surface area contributed by atoms with Crippen molar-refractivity contribution in [1.29, 1.82) is 0 Å². The van der Waals surface area contributed by atoms with Crippen LogP contribution in [0.5, 0.6) is 0 Å². The summed E-state index contributed by atoms with van der Waals surface area (Å²) in [6.07, 6.45) is 2.61. The maximum absolute atomic E-state index is 12.9. The molecule has 0 aliphatic carbocycles. The first-order chi connectivity index (χ1) is 15.7. The minimum absolute atomic E-state index is 0.0277. The first-order valence-electron chi connectivity index (χ1n) is 10.9. The maximum Gasteiger partial charge on any atom is 0.324 e. The molecule has 0 spiro atoms. The predicted molar refractivity (Wildman–Crippen MR) is 128 cm³/mol. The summed E-state index contributed by atoms with van der Waals surface area (Å²) in [6, 6.07) is 8.87. The molecule has 0 radical (unpaired) electrons. The SMILES string of the molecule is Cc1ccc(NC(=O)[C@@H](C)NS(=O)(=O)c2ccc3c(c2)CCN3C(=O)N2CCCC2)c(Cl)c1. The van der Waals surface area contributed by atoms with E-state index in [1.807, 2.05) is 11.8 Å². The predicted octanol–water partition coefficient (Wildman–Crippen LogP) is 3.53. The average molecular weight is 491 g/mol. The number of halogens is 1. The molecule has 1 fully saturated rings. The van der Waals surface area contributed by atoms with Crippen molar-refractivity contribution in [2.75, 3.05) is 29.9 Å². The number of urea groups is 1. The molecule has 0 unspecified atom stereocenters. The van der Waals surface area contributed by atoms with E-state index in [4.69, 9.17) is 11.6 Å². The average Bonchev–Trinajstić information content (AvgIpc) is 3.44. The summed E-state index contributed by atoms with van der Waals surface area (Å²) in [5.41, 5.74) is 2.90. The van der Waals surface area contributed by atoms with Gasteiger partial charge in [0.2, 0.25) is 15.9 Å². The van der Waals surface area contributed by atoms with Gasteiger partial charge in [0.1, 0.15) is 0 Å². The topological polar surface area (TPSA) is 98.8 Å². The standard InChI is InChI=1S/C23H27ClN4O4S/c1-15-5-7-20(19(24)13-15)25-22(29)16(2)26-33(31,32)18-6-8-21-17(14-18)9-12-28(21)23(30)27-10-3-4-11-27/h5-8,13-14,16,26H,3-4,9-12H2,1-2H3,(H,25,29)/t16-/m1/s1. The third-order valence-corrected chi connectivity index (χ3v) is 7.82. The molecule has 2 aromatic carbocycles. The quantitative estimate of drug-likeness (QED) is 0.669. The lowest BCUT2D eigenvalue weighted by atomic mass is 10.2. The second-order valence-electron chi connectivity index (χ2n) is 8.48. The van der Waals surface area contributed by atoms with Gasteiger partial charge in [0.15, 0.2) is 0 Å². The second kappa shape index (κ2) is 9.32. The Morgan fingerprint density at radius 3 is 2.48 bits per heavy atom. The minimum Gasteiger partial charge on any atom is -0.324 e. The fraction of sp³-hybridized carbons (Fsp3) is 0.391. The maximum atomic E-state index is 12.9. The molecule has 4 rings (SSSR count). The van der Waals surface area contributed by atoms with Crippen LogP contribution in [0.25, 0.3) is 0 Å². The molecule has 176 valence electrons. The first kappa shape index (κ1) is 23.5. The summed E-state index contributed by atoms with van der Waals surface area (Å²) >= 11 is 6.15. The van der Waals surface area contributed by atoms with Gasteiger partial charge >= 0.3 is 6.03 Å². The van der Waals surface area contributed by atoms with E-state index in [0.29, 0.717) is 23.7 Å². The van der Waals surface area contributed by atoms with Crippen molar-refractivity contribution in [3.8, 4) is 0 Å². The Morgan fingerprint density at radius 1 is 1.06 bits per heavy atom. The highest BCUT2D eigenvalue weighted by Crippen LogP contribution is 2.31. The van der Waals surface area contributed by atoms with E-state index in [1.165, 1.54) is 13.0 Å². The summed E-state index contributed by atoms with van der Waals surface area (Å²) in [4.78, 5) is 28.9. The van der Waals surface area contributed by atoms with Crippen LogP contribution < -0.4 is 14.9 Å². The number of fused-ring (bicyclic) bond motifs is 1. The Labute approximate surface area is 198 Å². The number of anilines is 2. The van der Waals surface area contributed by atoms with Crippen molar-refractivity contribution in [3.63, 3.8) is 0 Å². The third kappa shape index (κ3) is 5.00. The highest BCUT2D eigenvalue weighted by molar-refractivity contribution is 7.89.